The van der Waals surface area contributed by atoms with E-state index in [0.717, 1.165) is 0 Å². The van der Waals surface area contributed by atoms with Gasteiger partial charge in [0.25, 0.3) is 0 Å². The molecule has 0 spiro atoms. The minimum Gasteiger partial charge on any atom is -0.492 e. The molecule has 0 saturated carbocycles. The molecule has 0 aliphatic heterocycles. The number of rotatable bonds is 5. The molecule has 0 N–H and O–H groups in total. The molecule has 0 aliphatic rings. The molecule has 0 radical (unpaired) electrons. The number of nitrogens with zero attached hydrogens (tertiary/aromatic N) is 1. The number of hydrogen-bond acceptors (Lipinski definition) is 2. The first-order valence-electron chi connectivity index (χ1n) is 5.28. The average molecular weight is 304 g/mol. The lowest BCUT2D eigenvalue weighted by Gasteiger charge is -2.11. The van der Waals surface area contributed by atoms with Crippen LogP contribution in [0.4, 0.5) is 4.39 Å². The van der Waals surface area contributed by atoms with Crippen LogP contribution in [0.25, 0.3) is 0 Å². The van der Waals surface area contributed by atoms with Gasteiger partial charge in [0.2, 0.25) is 5.91 Å². The van der Waals surface area contributed by atoms with E-state index in [1.54, 1.807) is 25.1 Å². The quantitative estimate of drug-likeness (QED) is 0.783. The van der Waals surface area contributed by atoms with Crippen molar-refractivity contribution in [1.29, 1.82) is 0 Å². The predicted octanol–water partition coefficient (Wildman–Crippen LogP) is 2.84. The van der Waals surface area contributed by atoms with E-state index in [2.05, 4.69) is 15.9 Å². The van der Waals surface area contributed by atoms with E-state index in [4.69, 9.17) is 4.74 Å². The molecule has 3 nitrogen and oxygen atoms in total. The van der Waals surface area contributed by atoms with Crippen LogP contribution in [0, 0.1) is 5.82 Å². The number of hydrogen-bond donors (Lipinski definition) is 0. The topological polar surface area (TPSA) is 29.5 Å². The minimum absolute atomic E-state index is 0.0757. The van der Waals surface area contributed by atoms with Crippen LogP contribution in [-0.4, -0.2) is 31.5 Å². The molecule has 1 rings (SSSR count). The van der Waals surface area contributed by atoms with Gasteiger partial charge in [-0.05, 0) is 40.5 Å². The molecule has 0 atom stereocenters. The largest absolute Gasteiger partial charge is 0.492 e. The highest BCUT2D eigenvalue weighted by atomic mass is 79.9. The Morgan fingerprint density at radius 3 is 2.76 bits per heavy atom. The Morgan fingerprint density at radius 1 is 1.47 bits per heavy atom. The van der Waals surface area contributed by atoms with Gasteiger partial charge in [-0.3, -0.25) is 4.79 Å². The zero-order valence-corrected chi connectivity index (χ0v) is 11.5. The van der Waals surface area contributed by atoms with Gasteiger partial charge >= 0.3 is 0 Å². The smallest absolute Gasteiger partial charge is 0.222 e. The van der Waals surface area contributed by atoms with Gasteiger partial charge in [0.05, 0.1) is 11.1 Å². The molecule has 1 aromatic carbocycles. The highest BCUT2D eigenvalue weighted by Gasteiger charge is 2.05. The number of benzene rings is 1. The summed E-state index contributed by atoms with van der Waals surface area (Å²) in [4.78, 5) is 12.8. The molecule has 17 heavy (non-hydrogen) atoms. The molecular formula is C12H15BrFNO2. The predicted molar refractivity (Wildman–Crippen MR) is 67.5 cm³/mol. The standard InChI is InChI=1S/C12H15BrFNO2/c1-15(2)12(16)4-3-7-17-11-6-5-9(14)8-10(11)13/h5-6,8H,3-4,7H2,1-2H3. The fraction of sp³-hybridized carbons (Fsp3) is 0.417. The minimum atomic E-state index is -0.313. The lowest BCUT2D eigenvalue weighted by atomic mass is 10.3. The molecule has 1 amide bonds. The first-order chi connectivity index (χ1) is 8.00. The van der Waals surface area contributed by atoms with Gasteiger partial charge in [-0.15, -0.1) is 0 Å². The van der Waals surface area contributed by atoms with Gasteiger partial charge in [-0.2, -0.15) is 0 Å². The summed E-state index contributed by atoms with van der Waals surface area (Å²) in [7, 11) is 3.44. The number of carbonyl (C=O) groups excluding carboxylic acids is 1. The first-order valence-corrected chi connectivity index (χ1v) is 6.08. The summed E-state index contributed by atoms with van der Waals surface area (Å²) in [6.07, 6.45) is 1.09. The maximum absolute atomic E-state index is 12.8. The molecule has 0 aliphatic carbocycles. The van der Waals surface area contributed by atoms with E-state index >= 15 is 0 Å². The second-order valence-corrected chi connectivity index (χ2v) is 4.67. The molecule has 0 heterocycles. The van der Waals surface area contributed by atoms with Gasteiger partial charge in [-0.25, -0.2) is 4.39 Å². The summed E-state index contributed by atoms with van der Waals surface area (Å²) in [6, 6.07) is 4.25. The summed E-state index contributed by atoms with van der Waals surface area (Å²) in [5, 5.41) is 0. The Hall–Kier alpha value is -1.10. The van der Waals surface area contributed by atoms with E-state index in [1.807, 2.05) is 0 Å². The third-order valence-corrected chi connectivity index (χ3v) is 2.80. The van der Waals surface area contributed by atoms with Crippen LogP contribution in [0.1, 0.15) is 12.8 Å². The lowest BCUT2D eigenvalue weighted by molar-refractivity contribution is -0.128. The van der Waals surface area contributed by atoms with E-state index in [-0.39, 0.29) is 11.7 Å². The maximum atomic E-state index is 12.8. The van der Waals surface area contributed by atoms with Crippen molar-refractivity contribution in [2.24, 2.45) is 0 Å². The molecule has 94 valence electrons. The highest BCUT2D eigenvalue weighted by molar-refractivity contribution is 9.10. The van der Waals surface area contributed by atoms with Gasteiger partial charge in [0.15, 0.2) is 0 Å². The summed E-state index contributed by atoms with van der Waals surface area (Å²) in [6.45, 7) is 0.434. The van der Waals surface area contributed by atoms with E-state index in [1.165, 1.54) is 12.1 Å². The second-order valence-electron chi connectivity index (χ2n) is 3.81. The van der Waals surface area contributed by atoms with Crippen molar-refractivity contribution in [1.82, 2.24) is 4.90 Å². The Kier molecular flexibility index (Phi) is 5.41. The van der Waals surface area contributed by atoms with Crippen molar-refractivity contribution >= 4 is 21.8 Å². The zero-order valence-electron chi connectivity index (χ0n) is 9.87. The van der Waals surface area contributed by atoms with Crippen molar-refractivity contribution in [3.8, 4) is 5.75 Å². The maximum Gasteiger partial charge on any atom is 0.222 e. The number of halogens is 2. The third kappa shape index (κ3) is 4.73. The second kappa shape index (κ2) is 6.59. The molecule has 0 aromatic heterocycles. The van der Waals surface area contributed by atoms with Crippen LogP contribution in [0.15, 0.2) is 22.7 Å². The van der Waals surface area contributed by atoms with Crippen LogP contribution in [0.3, 0.4) is 0 Å². The van der Waals surface area contributed by atoms with Gasteiger partial charge in [0, 0.05) is 20.5 Å². The summed E-state index contributed by atoms with van der Waals surface area (Å²) >= 11 is 3.21. The number of carbonyl (C=O) groups is 1. The molecule has 1 aromatic rings. The average Bonchev–Trinajstić information content (AvgIpc) is 2.26. The van der Waals surface area contributed by atoms with Crippen LogP contribution >= 0.6 is 15.9 Å². The van der Waals surface area contributed by atoms with Crippen LogP contribution in [0.5, 0.6) is 5.75 Å². The Balaban J connectivity index is 2.34. The van der Waals surface area contributed by atoms with E-state index in [0.29, 0.717) is 29.7 Å². The fourth-order valence-corrected chi connectivity index (χ4v) is 1.69. The van der Waals surface area contributed by atoms with Crippen molar-refractivity contribution in [2.45, 2.75) is 12.8 Å². The van der Waals surface area contributed by atoms with Gasteiger partial charge < -0.3 is 9.64 Å². The normalized spacial score (nSPS) is 10.1. The monoisotopic (exact) mass is 303 g/mol. The third-order valence-electron chi connectivity index (χ3n) is 2.19. The molecule has 0 fully saturated rings. The molecule has 0 saturated heterocycles. The SMILES string of the molecule is CN(C)C(=O)CCCOc1ccc(F)cc1Br. The Labute approximate surface area is 109 Å². The summed E-state index contributed by atoms with van der Waals surface area (Å²) < 4.78 is 18.8. The summed E-state index contributed by atoms with van der Waals surface area (Å²) in [5.74, 6) is 0.350. The molecule has 0 bridgehead atoms. The highest BCUT2D eigenvalue weighted by Crippen LogP contribution is 2.25. The lowest BCUT2D eigenvalue weighted by Crippen LogP contribution is -2.21. The molecule has 5 heteroatoms. The van der Waals surface area contributed by atoms with E-state index in [9.17, 15) is 9.18 Å². The van der Waals surface area contributed by atoms with Crippen LogP contribution in [0.2, 0.25) is 0 Å². The number of amides is 1. The zero-order chi connectivity index (χ0) is 12.8. The fourth-order valence-electron chi connectivity index (χ4n) is 1.22. The van der Waals surface area contributed by atoms with Crippen LogP contribution in [-0.2, 0) is 4.79 Å². The van der Waals surface area contributed by atoms with Crippen molar-refractivity contribution < 1.29 is 13.9 Å². The Bertz CT molecular complexity index is 396. The van der Waals surface area contributed by atoms with E-state index < -0.39 is 0 Å². The van der Waals surface area contributed by atoms with Crippen molar-refractivity contribution in [2.75, 3.05) is 20.7 Å². The van der Waals surface area contributed by atoms with Crippen LogP contribution < -0.4 is 4.74 Å². The van der Waals surface area contributed by atoms with Crippen molar-refractivity contribution in [3.63, 3.8) is 0 Å². The van der Waals surface area contributed by atoms with Gasteiger partial charge in [-0.1, -0.05) is 0 Å². The first kappa shape index (κ1) is 14.0. The van der Waals surface area contributed by atoms with Crippen molar-refractivity contribution in [3.05, 3.63) is 28.5 Å². The number of ether oxygens (including phenoxy) is 1. The summed E-state index contributed by atoms with van der Waals surface area (Å²) in [5.41, 5.74) is 0. The molecular weight excluding hydrogens is 289 g/mol. The Morgan fingerprint density at radius 2 is 2.18 bits per heavy atom. The molecule has 0 unspecified atom stereocenters. The van der Waals surface area contributed by atoms with Gasteiger partial charge in [0.1, 0.15) is 11.6 Å².